The predicted molar refractivity (Wildman–Crippen MR) is 76.7 cm³/mol. The summed E-state index contributed by atoms with van der Waals surface area (Å²) >= 11 is 0. The summed E-state index contributed by atoms with van der Waals surface area (Å²) in [5.41, 5.74) is 0.648. The highest BCUT2D eigenvalue weighted by Gasteiger charge is 2.33. The van der Waals surface area contributed by atoms with E-state index in [2.05, 4.69) is 10.3 Å². The molecular formula is C15H11N3O4. The minimum absolute atomic E-state index is 0.0209. The van der Waals surface area contributed by atoms with Crippen LogP contribution in [0.15, 0.2) is 36.5 Å². The van der Waals surface area contributed by atoms with Crippen LogP contribution >= 0.6 is 0 Å². The van der Waals surface area contributed by atoms with Gasteiger partial charge in [0.15, 0.2) is 11.6 Å². The standard InChI is InChI=1S/C15H11N3O4/c1-18-14(21)9-5-4-8(7-10(9)15(18)22)13(20)17-12-11(19)3-2-6-16-12/h2-7,19H,1H3,(H,16,17,20). The van der Waals surface area contributed by atoms with Crippen LogP contribution in [0.2, 0.25) is 0 Å². The smallest absolute Gasteiger partial charge is 0.261 e. The molecule has 1 aromatic carbocycles. The number of carbonyl (C=O) groups excluding carboxylic acids is 3. The van der Waals surface area contributed by atoms with Gasteiger partial charge in [0.05, 0.1) is 11.1 Å². The number of aromatic hydroxyl groups is 1. The molecule has 2 heterocycles. The number of pyridine rings is 1. The number of carbonyl (C=O) groups is 3. The first-order valence-corrected chi connectivity index (χ1v) is 6.41. The molecule has 22 heavy (non-hydrogen) atoms. The third-order valence-electron chi connectivity index (χ3n) is 3.37. The van der Waals surface area contributed by atoms with Gasteiger partial charge in [0.1, 0.15) is 0 Å². The summed E-state index contributed by atoms with van der Waals surface area (Å²) in [5.74, 6) is -1.52. The third-order valence-corrected chi connectivity index (χ3v) is 3.37. The Morgan fingerprint density at radius 1 is 1.18 bits per heavy atom. The SMILES string of the molecule is CN1C(=O)c2ccc(C(=O)Nc3ncccc3O)cc2C1=O. The zero-order valence-corrected chi connectivity index (χ0v) is 11.5. The van der Waals surface area contributed by atoms with Crippen LogP contribution in [0.5, 0.6) is 5.75 Å². The number of benzene rings is 1. The Kier molecular flexibility index (Phi) is 3.10. The second-order valence-corrected chi connectivity index (χ2v) is 4.75. The Bertz CT molecular complexity index is 816. The minimum Gasteiger partial charge on any atom is -0.504 e. The number of fused-ring (bicyclic) bond motifs is 1. The highest BCUT2D eigenvalue weighted by atomic mass is 16.3. The van der Waals surface area contributed by atoms with Crippen molar-refractivity contribution in [2.45, 2.75) is 0 Å². The van der Waals surface area contributed by atoms with Crippen molar-refractivity contribution in [3.05, 3.63) is 53.2 Å². The van der Waals surface area contributed by atoms with Gasteiger partial charge < -0.3 is 10.4 Å². The molecule has 0 fully saturated rings. The second-order valence-electron chi connectivity index (χ2n) is 4.75. The highest BCUT2D eigenvalue weighted by molar-refractivity contribution is 6.22. The summed E-state index contributed by atoms with van der Waals surface area (Å²) in [6, 6.07) is 7.15. The van der Waals surface area contributed by atoms with Gasteiger partial charge in [0.25, 0.3) is 17.7 Å². The van der Waals surface area contributed by atoms with E-state index in [1.165, 1.54) is 43.6 Å². The molecule has 0 spiro atoms. The molecule has 0 saturated carbocycles. The Morgan fingerprint density at radius 3 is 2.64 bits per heavy atom. The van der Waals surface area contributed by atoms with E-state index in [0.29, 0.717) is 0 Å². The number of hydrogen-bond donors (Lipinski definition) is 2. The number of anilines is 1. The van der Waals surface area contributed by atoms with Gasteiger partial charge >= 0.3 is 0 Å². The maximum atomic E-state index is 12.2. The molecule has 3 rings (SSSR count). The lowest BCUT2D eigenvalue weighted by atomic mass is 10.1. The molecule has 3 amide bonds. The molecule has 7 nitrogen and oxygen atoms in total. The molecule has 0 radical (unpaired) electrons. The van der Waals surface area contributed by atoms with Gasteiger partial charge in [-0.2, -0.15) is 0 Å². The van der Waals surface area contributed by atoms with Crippen LogP contribution in [-0.2, 0) is 0 Å². The molecule has 0 atom stereocenters. The molecule has 0 aliphatic carbocycles. The number of imide groups is 1. The molecule has 1 aliphatic heterocycles. The molecule has 0 bridgehead atoms. The third kappa shape index (κ3) is 2.08. The van der Waals surface area contributed by atoms with Crippen LogP contribution in [0.1, 0.15) is 31.1 Å². The maximum Gasteiger partial charge on any atom is 0.261 e. The molecule has 2 aromatic rings. The predicted octanol–water partition coefficient (Wildman–Crippen LogP) is 1.27. The van der Waals surface area contributed by atoms with E-state index in [0.717, 1.165) is 4.90 Å². The summed E-state index contributed by atoms with van der Waals surface area (Å²) in [4.78, 5) is 40.7. The van der Waals surface area contributed by atoms with Crippen LogP contribution in [0.3, 0.4) is 0 Å². The van der Waals surface area contributed by atoms with Crippen LogP contribution < -0.4 is 5.32 Å². The number of nitrogens with zero attached hydrogens (tertiary/aromatic N) is 2. The monoisotopic (exact) mass is 297 g/mol. The Morgan fingerprint density at radius 2 is 1.91 bits per heavy atom. The average molecular weight is 297 g/mol. The molecule has 7 heteroatoms. The fourth-order valence-corrected chi connectivity index (χ4v) is 2.18. The lowest BCUT2D eigenvalue weighted by molar-refractivity contribution is 0.0693. The Labute approximate surface area is 125 Å². The van der Waals surface area contributed by atoms with E-state index in [-0.39, 0.29) is 28.3 Å². The quantitative estimate of drug-likeness (QED) is 0.813. The van der Waals surface area contributed by atoms with E-state index >= 15 is 0 Å². The summed E-state index contributed by atoms with van der Waals surface area (Å²) in [6.07, 6.45) is 1.43. The van der Waals surface area contributed by atoms with Gasteiger partial charge in [-0.25, -0.2) is 4.98 Å². The molecule has 110 valence electrons. The zero-order chi connectivity index (χ0) is 15.9. The van der Waals surface area contributed by atoms with Crippen molar-refractivity contribution in [1.29, 1.82) is 0 Å². The molecule has 0 unspecified atom stereocenters. The van der Waals surface area contributed by atoms with Crippen molar-refractivity contribution in [1.82, 2.24) is 9.88 Å². The summed E-state index contributed by atoms with van der Waals surface area (Å²) in [5, 5.41) is 12.0. The summed E-state index contributed by atoms with van der Waals surface area (Å²) in [6.45, 7) is 0. The van der Waals surface area contributed by atoms with Crippen molar-refractivity contribution in [2.75, 3.05) is 12.4 Å². The normalized spacial score (nSPS) is 13.2. The Balaban J connectivity index is 1.91. The number of amides is 3. The summed E-state index contributed by atoms with van der Waals surface area (Å²) in [7, 11) is 1.39. The summed E-state index contributed by atoms with van der Waals surface area (Å²) < 4.78 is 0. The van der Waals surface area contributed by atoms with E-state index in [1.807, 2.05) is 0 Å². The van der Waals surface area contributed by atoms with Crippen molar-refractivity contribution >= 4 is 23.5 Å². The number of aromatic nitrogens is 1. The van der Waals surface area contributed by atoms with Crippen molar-refractivity contribution in [3.8, 4) is 5.75 Å². The number of rotatable bonds is 2. The molecule has 2 N–H and O–H groups in total. The van der Waals surface area contributed by atoms with Crippen LogP contribution in [0, 0.1) is 0 Å². The lowest BCUT2D eigenvalue weighted by Crippen LogP contribution is -2.24. The number of hydrogen-bond acceptors (Lipinski definition) is 5. The van der Waals surface area contributed by atoms with E-state index < -0.39 is 17.7 Å². The molecular weight excluding hydrogens is 286 g/mol. The first-order valence-electron chi connectivity index (χ1n) is 6.41. The second kappa shape index (κ2) is 4.96. The van der Waals surface area contributed by atoms with Crippen LogP contribution in [-0.4, -0.2) is 39.8 Å². The van der Waals surface area contributed by atoms with Gasteiger partial charge in [-0.3, -0.25) is 19.3 Å². The van der Waals surface area contributed by atoms with Gasteiger partial charge in [0, 0.05) is 18.8 Å². The van der Waals surface area contributed by atoms with Crippen LogP contribution in [0.4, 0.5) is 5.82 Å². The van der Waals surface area contributed by atoms with Gasteiger partial charge in [-0.1, -0.05) is 0 Å². The largest absolute Gasteiger partial charge is 0.504 e. The van der Waals surface area contributed by atoms with E-state index in [1.54, 1.807) is 0 Å². The highest BCUT2D eigenvalue weighted by Crippen LogP contribution is 2.24. The molecule has 0 saturated heterocycles. The molecule has 1 aliphatic rings. The van der Waals surface area contributed by atoms with Crippen molar-refractivity contribution in [2.24, 2.45) is 0 Å². The fourth-order valence-electron chi connectivity index (χ4n) is 2.18. The van der Waals surface area contributed by atoms with Crippen molar-refractivity contribution < 1.29 is 19.5 Å². The first-order chi connectivity index (χ1) is 10.5. The number of nitrogens with one attached hydrogen (secondary N) is 1. The lowest BCUT2D eigenvalue weighted by Gasteiger charge is -2.06. The fraction of sp³-hybridized carbons (Fsp3) is 0.0667. The van der Waals surface area contributed by atoms with E-state index in [9.17, 15) is 19.5 Å². The van der Waals surface area contributed by atoms with Crippen LogP contribution in [0.25, 0.3) is 0 Å². The Hall–Kier alpha value is -3.22. The van der Waals surface area contributed by atoms with Gasteiger partial charge in [-0.05, 0) is 30.3 Å². The topological polar surface area (TPSA) is 99.6 Å². The molecule has 1 aromatic heterocycles. The minimum atomic E-state index is -0.536. The van der Waals surface area contributed by atoms with E-state index in [4.69, 9.17) is 0 Å². The van der Waals surface area contributed by atoms with Gasteiger partial charge in [-0.15, -0.1) is 0 Å². The first kappa shape index (κ1) is 13.7. The maximum absolute atomic E-state index is 12.2. The zero-order valence-electron chi connectivity index (χ0n) is 11.5. The average Bonchev–Trinajstić information content (AvgIpc) is 2.74. The van der Waals surface area contributed by atoms with Crippen molar-refractivity contribution in [3.63, 3.8) is 0 Å². The van der Waals surface area contributed by atoms with Gasteiger partial charge in [0.2, 0.25) is 0 Å².